The Morgan fingerprint density at radius 3 is 2.54 bits per heavy atom. The van der Waals surface area contributed by atoms with Crippen molar-refractivity contribution in [2.24, 2.45) is 0 Å². The number of halogens is 2. The van der Waals surface area contributed by atoms with E-state index >= 15 is 0 Å². The van der Waals surface area contributed by atoms with Crippen molar-refractivity contribution in [1.29, 1.82) is 0 Å². The maximum atomic E-state index is 12.0. The fourth-order valence-electron chi connectivity index (χ4n) is 1.85. The zero-order valence-electron chi connectivity index (χ0n) is 12.9. The fraction of sp³-hybridized carbons (Fsp3) is 0.176. The smallest absolute Gasteiger partial charge is 0.321 e. The Hall–Kier alpha value is -2.24. The summed E-state index contributed by atoms with van der Waals surface area (Å²) in [4.78, 5) is 23.8. The molecule has 0 saturated heterocycles. The summed E-state index contributed by atoms with van der Waals surface area (Å²) in [5, 5.41) is 5.57. The average Bonchev–Trinajstić information content (AvgIpc) is 2.57. The molecular weight excluding hydrogens is 351 g/mol. The first-order valence-corrected chi connectivity index (χ1v) is 7.95. The van der Waals surface area contributed by atoms with Gasteiger partial charge in [0.05, 0.1) is 5.02 Å². The van der Waals surface area contributed by atoms with Crippen LogP contribution in [0.5, 0.6) is 5.75 Å². The highest BCUT2D eigenvalue weighted by atomic mass is 35.5. The number of amides is 3. The topological polar surface area (TPSA) is 67.4 Å². The first-order valence-electron chi connectivity index (χ1n) is 7.20. The van der Waals surface area contributed by atoms with Crippen molar-refractivity contribution in [1.82, 2.24) is 10.6 Å². The van der Waals surface area contributed by atoms with E-state index < -0.39 is 18.0 Å². The number of rotatable bonds is 5. The highest BCUT2D eigenvalue weighted by molar-refractivity contribution is 6.34. The zero-order chi connectivity index (χ0) is 17.5. The molecule has 2 N–H and O–H groups in total. The van der Waals surface area contributed by atoms with Crippen molar-refractivity contribution in [2.75, 3.05) is 0 Å². The molecule has 0 heterocycles. The van der Waals surface area contributed by atoms with Crippen LogP contribution < -0.4 is 15.4 Å². The minimum absolute atomic E-state index is 0.275. The second-order valence-corrected chi connectivity index (χ2v) is 5.84. The maximum absolute atomic E-state index is 12.0. The third-order valence-corrected chi connectivity index (χ3v) is 3.65. The molecule has 0 aromatic heterocycles. The summed E-state index contributed by atoms with van der Waals surface area (Å²) < 4.78 is 5.44. The molecule has 0 aliphatic rings. The lowest BCUT2D eigenvalue weighted by atomic mass is 10.2. The number of hydrogen-bond acceptors (Lipinski definition) is 3. The largest absolute Gasteiger partial charge is 0.479 e. The van der Waals surface area contributed by atoms with E-state index in [1.165, 1.54) is 13.0 Å². The SMILES string of the molecule is C[C@@H](Oc1cc(Cl)ccc1Cl)C(=O)NC(=O)NCc1ccccc1. The van der Waals surface area contributed by atoms with Crippen molar-refractivity contribution in [3.63, 3.8) is 0 Å². The highest BCUT2D eigenvalue weighted by Crippen LogP contribution is 2.28. The van der Waals surface area contributed by atoms with Crippen LogP contribution in [0.1, 0.15) is 12.5 Å². The summed E-state index contributed by atoms with van der Waals surface area (Å²) >= 11 is 11.8. The van der Waals surface area contributed by atoms with Gasteiger partial charge in [0, 0.05) is 17.6 Å². The van der Waals surface area contributed by atoms with Crippen molar-refractivity contribution < 1.29 is 14.3 Å². The van der Waals surface area contributed by atoms with E-state index in [1.807, 2.05) is 30.3 Å². The van der Waals surface area contributed by atoms with Crippen LogP contribution in [-0.4, -0.2) is 18.0 Å². The zero-order valence-corrected chi connectivity index (χ0v) is 14.4. The number of ether oxygens (including phenoxy) is 1. The number of nitrogens with one attached hydrogen (secondary N) is 2. The predicted molar refractivity (Wildman–Crippen MR) is 93.4 cm³/mol. The molecule has 2 rings (SSSR count). The van der Waals surface area contributed by atoms with Crippen LogP contribution >= 0.6 is 23.2 Å². The molecule has 0 aliphatic carbocycles. The minimum Gasteiger partial charge on any atom is -0.479 e. The van der Waals surface area contributed by atoms with Crippen LogP contribution in [0.2, 0.25) is 10.0 Å². The normalized spacial score (nSPS) is 11.5. The molecule has 0 bridgehead atoms. The van der Waals surface area contributed by atoms with E-state index in [0.29, 0.717) is 16.6 Å². The van der Waals surface area contributed by atoms with Crippen LogP contribution in [0.3, 0.4) is 0 Å². The summed E-state index contributed by atoms with van der Waals surface area (Å²) in [7, 11) is 0. The third-order valence-electron chi connectivity index (χ3n) is 3.10. The average molecular weight is 367 g/mol. The molecule has 0 fully saturated rings. The van der Waals surface area contributed by atoms with Gasteiger partial charge in [-0.3, -0.25) is 10.1 Å². The number of imide groups is 1. The van der Waals surface area contributed by atoms with Gasteiger partial charge in [-0.2, -0.15) is 0 Å². The molecule has 0 aliphatic heterocycles. The molecule has 0 unspecified atom stereocenters. The molecule has 24 heavy (non-hydrogen) atoms. The Morgan fingerprint density at radius 1 is 1.12 bits per heavy atom. The number of urea groups is 1. The first kappa shape index (κ1) is 18.1. The van der Waals surface area contributed by atoms with E-state index in [9.17, 15) is 9.59 Å². The monoisotopic (exact) mass is 366 g/mol. The van der Waals surface area contributed by atoms with Gasteiger partial charge in [0.1, 0.15) is 5.75 Å². The maximum Gasteiger partial charge on any atom is 0.321 e. The standard InChI is InChI=1S/C17H16Cl2N2O3/c1-11(24-15-9-13(18)7-8-14(15)19)16(22)21-17(23)20-10-12-5-3-2-4-6-12/h2-9,11H,10H2,1H3,(H2,20,21,22,23)/t11-/m1/s1. The number of benzene rings is 2. The van der Waals surface area contributed by atoms with E-state index in [1.54, 1.807) is 12.1 Å². The molecule has 3 amide bonds. The first-order chi connectivity index (χ1) is 11.5. The Kier molecular flexibility index (Phi) is 6.46. The molecule has 0 radical (unpaired) electrons. The summed E-state index contributed by atoms with van der Waals surface area (Å²) in [6.07, 6.45) is -0.913. The summed E-state index contributed by atoms with van der Waals surface area (Å²) in [5.74, 6) is -0.312. The van der Waals surface area contributed by atoms with Crippen molar-refractivity contribution in [3.8, 4) is 5.75 Å². The van der Waals surface area contributed by atoms with Gasteiger partial charge >= 0.3 is 6.03 Å². The van der Waals surface area contributed by atoms with Crippen molar-refractivity contribution >= 4 is 35.1 Å². The summed E-state index contributed by atoms with van der Waals surface area (Å²) in [6.45, 7) is 1.83. The van der Waals surface area contributed by atoms with Gasteiger partial charge in [-0.05, 0) is 24.6 Å². The number of carbonyl (C=O) groups is 2. The number of carbonyl (C=O) groups excluding carboxylic acids is 2. The summed E-state index contributed by atoms with van der Waals surface area (Å²) in [5.41, 5.74) is 0.926. The predicted octanol–water partition coefficient (Wildman–Crippen LogP) is 3.79. The van der Waals surface area contributed by atoms with Gasteiger partial charge in [-0.1, -0.05) is 53.5 Å². The molecule has 5 nitrogen and oxygen atoms in total. The van der Waals surface area contributed by atoms with Gasteiger partial charge < -0.3 is 10.1 Å². The van der Waals surface area contributed by atoms with Crippen molar-refractivity contribution in [2.45, 2.75) is 19.6 Å². The molecule has 2 aromatic carbocycles. The van der Waals surface area contributed by atoms with Crippen LogP contribution in [0, 0.1) is 0 Å². The Bertz CT molecular complexity index is 723. The highest BCUT2D eigenvalue weighted by Gasteiger charge is 2.18. The Morgan fingerprint density at radius 2 is 1.83 bits per heavy atom. The molecule has 0 saturated carbocycles. The van der Waals surface area contributed by atoms with Gasteiger partial charge in [0.25, 0.3) is 5.91 Å². The second kappa shape index (κ2) is 8.57. The Balaban J connectivity index is 1.84. The third kappa shape index (κ3) is 5.44. The molecule has 1 atom stereocenters. The van der Waals surface area contributed by atoms with Gasteiger partial charge in [-0.15, -0.1) is 0 Å². The Labute approximate surface area is 149 Å². The number of hydrogen-bond donors (Lipinski definition) is 2. The van der Waals surface area contributed by atoms with Crippen LogP contribution in [0.4, 0.5) is 4.79 Å². The minimum atomic E-state index is -0.913. The molecule has 7 heteroatoms. The molecule has 0 spiro atoms. The van der Waals surface area contributed by atoms with Crippen molar-refractivity contribution in [3.05, 3.63) is 64.1 Å². The van der Waals surface area contributed by atoms with E-state index in [4.69, 9.17) is 27.9 Å². The lowest BCUT2D eigenvalue weighted by Crippen LogP contribution is -2.44. The molecular formula is C17H16Cl2N2O3. The van der Waals surface area contributed by atoms with E-state index in [-0.39, 0.29) is 5.75 Å². The van der Waals surface area contributed by atoms with E-state index in [0.717, 1.165) is 5.56 Å². The molecule has 2 aromatic rings. The van der Waals surface area contributed by atoms with Crippen LogP contribution in [0.15, 0.2) is 48.5 Å². The quantitative estimate of drug-likeness (QED) is 0.845. The lowest BCUT2D eigenvalue weighted by Gasteiger charge is -2.15. The van der Waals surface area contributed by atoms with Gasteiger partial charge in [0.15, 0.2) is 6.10 Å². The lowest BCUT2D eigenvalue weighted by molar-refractivity contribution is -0.126. The summed E-state index contributed by atoms with van der Waals surface area (Å²) in [6, 6.07) is 13.4. The van der Waals surface area contributed by atoms with Gasteiger partial charge in [-0.25, -0.2) is 4.79 Å². The second-order valence-electron chi connectivity index (χ2n) is 4.99. The van der Waals surface area contributed by atoms with Crippen LogP contribution in [-0.2, 0) is 11.3 Å². The van der Waals surface area contributed by atoms with Gasteiger partial charge in [0.2, 0.25) is 0 Å². The molecule has 126 valence electrons. The van der Waals surface area contributed by atoms with Crippen LogP contribution in [0.25, 0.3) is 0 Å². The van der Waals surface area contributed by atoms with E-state index in [2.05, 4.69) is 10.6 Å². The fourth-order valence-corrected chi connectivity index (χ4v) is 2.17.